The van der Waals surface area contributed by atoms with E-state index >= 15 is 0 Å². The number of H-pyrrole nitrogens is 1. The quantitative estimate of drug-likeness (QED) is 0.800. The second-order valence-electron chi connectivity index (χ2n) is 4.34. The molecule has 92 valence electrons. The summed E-state index contributed by atoms with van der Waals surface area (Å²) in [5.41, 5.74) is 4.29. The predicted octanol–water partition coefficient (Wildman–Crippen LogP) is 2.58. The Labute approximate surface area is 110 Å². The molecule has 2 aromatic rings. The van der Waals surface area contributed by atoms with E-state index < -0.39 is 0 Å². The second kappa shape index (κ2) is 4.59. The fourth-order valence-electron chi connectivity index (χ4n) is 2.09. The highest BCUT2D eigenvalue weighted by atomic mass is 32.1. The Morgan fingerprint density at radius 1 is 1.44 bits per heavy atom. The van der Waals surface area contributed by atoms with Crippen LogP contribution in [0.4, 0.5) is 0 Å². The van der Waals surface area contributed by atoms with Gasteiger partial charge in [0.25, 0.3) is 0 Å². The molecule has 0 saturated carbocycles. The summed E-state index contributed by atoms with van der Waals surface area (Å²) in [7, 11) is 0. The predicted molar refractivity (Wildman–Crippen MR) is 70.7 cm³/mol. The smallest absolute Gasteiger partial charge is 0.140 e. The molecule has 0 saturated heterocycles. The highest BCUT2D eigenvalue weighted by molar-refractivity contribution is 7.71. The molecule has 0 amide bonds. The Balaban J connectivity index is 2.17. The lowest BCUT2D eigenvalue weighted by molar-refractivity contribution is 0.108. The fourth-order valence-corrected chi connectivity index (χ4v) is 2.37. The minimum absolute atomic E-state index is 0.559. The van der Waals surface area contributed by atoms with Gasteiger partial charge in [-0.2, -0.15) is 0 Å². The van der Waals surface area contributed by atoms with Gasteiger partial charge in [-0.1, -0.05) is 12.2 Å². The first-order valence-electron chi connectivity index (χ1n) is 5.86. The number of hydrogen-bond donors (Lipinski definition) is 1. The molecule has 5 heteroatoms. The third kappa shape index (κ3) is 1.95. The van der Waals surface area contributed by atoms with Gasteiger partial charge in [-0.05, 0) is 18.6 Å². The molecule has 4 nitrogen and oxygen atoms in total. The summed E-state index contributed by atoms with van der Waals surface area (Å²) in [5.74, 6) is 0.797. The van der Waals surface area contributed by atoms with Crippen LogP contribution >= 0.6 is 12.2 Å². The number of aromatic nitrogens is 3. The van der Waals surface area contributed by atoms with Gasteiger partial charge in [0, 0.05) is 35.6 Å². The zero-order valence-electron chi connectivity index (χ0n) is 10.1. The van der Waals surface area contributed by atoms with Crippen LogP contribution < -0.4 is 0 Å². The van der Waals surface area contributed by atoms with Gasteiger partial charge in [0.2, 0.25) is 0 Å². The Hall–Kier alpha value is -1.59. The molecule has 1 aliphatic heterocycles. The fraction of sp³-hybridized carbons (Fsp3) is 0.308. The van der Waals surface area contributed by atoms with Crippen molar-refractivity contribution in [3.63, 3.8) is 0 Å². The van der Waals surface area contributed by atoms with Crippen LogP contribution in [-0.4, -0.2) is 21.6 Å². The number of aromatic amines is 1. The minimum Gasteiger partial charge on any atom is -0.376 e. The Bertz CT molecular complexity index is 651. The van der Waals surface area contributed by atoms with Crippen LogP contribution in [0.5, 0.6) is 0 Å². The van der Waals surface area contributed by atoms with Crippen LogP contribution in [0, 0.1) is 11.6 Å². The van der Waals surface area contributed by atoms with Crippen molar-refractivity contribution in [3.8, 4) is 11.4 Å². The number of aryl methyl sites for hydroxylation is 1. The summed E-state index contributed by atoms with van der Waals surface area (Å²) in [5, 5.41) is 0. The SMILES string of the molecule is Cc1ccncc1-c1nc(=S)c2c([nH]1)CCOC2. The van der Waals surface area contributed by atoms with Crippen LogP contribution in [0.15, 0.2) is 18.5 Å². The van der Waals surface area contributed by atoms with Crippen molar-refractivity contribution in [2.24, 2.45) is 0 Å². The highest BCUT2D eigenvalue weighted by Gasteiger charge is 2.15. The van der Waals surface area contributed by atoms with E-state index in [0.29, 0.717) is 11.2 Å². The summed E-state index contributed by atoms with van der Waals surface area (Å²) >= 11 is 5.34. The molecular formula is C13H13N3OS. The van der Waals surface area contributed by atoms with E-state index in [0.717, 1.165) is 41.2 Å². The van der Waals surface area contributed by atoms with Crippen molar-refractivity contribution in [2.75, 3.05) is 6.61 Å². The van der Waals surface area contributed by atoms with Crippen molar-refractivity contribution in [1.82, 2.24) is 15.0 Å². The summed E-state index contributed by atoms with van der Waals surface area (Å²) in [6.07, 6.45) is 4.45. The molecule has 0 aliphatic carbocycles. The number of nitrogens with zero attached hydrogens (tertiary/aromatic N) is 2. The number of hydrogen-bond acceptors (Lipinski definition) is 4. The summed E-state index contributed by atoms with van der Waals surface area (Å²) in [6.45, 7) is 3.33. The molecule has 0 unspecified atom stereocenters. The number of nitrogens with one attached hydrogen (secondary N) is 1. The minimum atomic E-state index is 0.559. The van der Waals surface area contributed by atoms with Crippen LogP contribution in [0.1, 0.15) is 16.8 Å². The highest BCUT2D eigenvalue weighted by Crippen LogP contribution is 2.22. The topological polar surface area (TPSA) is 50.8 Å². The molecule has 1 aliphatic rings. The molecule has 0 spiro atoms. The first kappa shape index (κ1) is 11.5. The van der Waals surface area contributed by atoms with Gasteiger partial charge in [-0.25, -0.2) is 4.98 Å². The van der Waals surface area contributed by atoms with Crippen molar-refractivity contribution >= 4 is 12.2 Å². The molecular weight excluding hydrogens is 246 g/mol. The third-order valence-corrected chi connectivity index (χ3v) is 3.48. The van der Waals surface area contributed by atoms with E-state index in [-0.39, 0.29) is 0 Å². The van der Waals surface area contributed by atoms with Gasteiger partial charge in [0.05, 0.1) is 13.2 Å². The van der Waals surface area contributed by atoms with Crippen molar-refractivity contribution in [1.29, 1.82) is 0 Å². The lowest BCUT2D eigenvalue weighted by Gasteiger charge is -2.17. The second-order valence-corrected chi connectivity index (χ2v) is 4.73. The van der Waals surface area contributed by atoms with E-state index in [2.05, 4.69) is 15.0 Å². The Morgan fingerprint density at radius 3 is 3.17 bits per heavy atom. The van der Waals surface area contributed by atoms with E-state index in [1.165, 1.54) is 0 Å². The summed E-state index contributed by atoms with van der Waals surface area (Å²) in [6, 6.07) is 1.97. The zero-order valence-corrected chi connectivity index (χ0v) is 10.9. The van der Waals surface area contributed by atoms with Crippen LogP contribution in [0.25, 0.3) is 11.4 Å². The van der Waals surface area contributed by atoms with Crippen LogP contribution in [-0.2, 0) is 17.8 Å². The van der Waals surface area contributed by atoms with Crippen molar-refractivity contribution < 1.29 is 4.74 Å². The van der Waals surface area contributed by atoms with Gasteiger partial charge in [-0.3, -0.25) is 4.98 Å². The zero-order chi connectivity index (χ0) is 12.5. The molecule has 0 aromatic carbocycles. The monoisotopic (exact) mass is 259 g/mol. The van der Waals surface area contributed by atoms with Crippen LogP contribution in [0.2, 0.25) is 0 Å². The van der Waals surface area contributed by atoms with Gasteiger partial charge in [-0.15, -0.1) is 0 Å². The molecule has 3 heterocycles. The normalized spacial score (nSPS) is 14.3. The lowest BCUT2D eigenvalue weighted by atomic mass is 10.1. The van der Waals surface area contributed by atoms with Gasteiger partial charge in [0.1, 0.15) is 10.5 Å². The van der Waals surface area contributed by atoms with E-state index in [4.69, 9.17) is 17.0 Å². The number of fused-ring (bicyclic) bond motifs is 1. The third-order valence-electron chi connectivity index (χ3n) is 3.14. The average molecular weight is 259 g/mol. The average Bonchev–Trinajstić information content (AvgIpc) is 2.39. The van der Waals surface area contributed by atoms with Crippen molar-refractivity contribution in [3.05, 3.63) is 39.9 Å². The Kier molecular flexibility index (Phi) is 2.93. The largest absolute Gasteiger partial charge is 0.376 e. The molecule has 0 atom stereocenters. The summed E-state index contributed by atoms with van der Waals surface area (Å²) in [4.78, 5) is 12.0. The van der Waals surface area contributed by atoms with Gasteiger partial charge in [0.15, 0.2) is 0 Å². The van der Waals surface area contributed by atoms with E-state index in [1.54, 1.807) is 6.20 Å². The number of rotatable bonds is 1. The maximum Gasteiger partial charge on any atom is 0.140 e. The van der Waals surface area contributed by atoms with Crippen LogP contribution in [0.3, 0.4) is 0 Å². The summed E-state index contributed by atoms with van der Waals surface area (Å²) < 4.78 is 6.03. The number of pyridine rings is 1. The maximum atomic E-state index is 5.41. The van der Waals surface area contributed by atoms with E-state index in [1.807, 2.05) is 19.2 Å². The van der Waals surface area contributed by atoms with Gasteiger partial charge < -0.3 is 9.72 Å². The molecule has 2 aromatic heterocycles. The molecule has 3 rings (SSSR count). The molecule has 0 fully saturated rings. The Morgan fingerprint density at radius 2 is 2.33 bits per heavy atom. The standard InChI is InChI=1S/C13H13N3OS/c1-8-2-4-14-6-9(8)12-15-11-3-5-17-7-10(11)13(18)16-12/h2,4,6H,3,5,7H2,1H3,(H,15,16,18). The molecule has 1 N–H and O–H groups in total. The maximum absolute atomic E-state index is 5.41. The number of ether oxygens (including phenoxy) is 1. The first-order chi connectivity index (χ1) is 8.75. The van der Waals surface area contributed by atoms with Gasteiger partial charge >= 0.3 is 0 Å². The van der Waals surface area contributed by atoms with Crippen molar-refractivity contribution in [2.45, 2.75) is 20.0 Å². The molecule has 18 heavy (non-hydrogen) atoms. The lowest BCUT2D eigenvalue weighted by Crippen LogP contribution is -2.14. The molecule has 0 radical (unpaired) electrons. The van der Waals surface area contributed by atoms with E-state index in [9.17, 15) is 0 Å². The molecule has 0 bridgehead atoms. The first-order valence-corrected chi connectivity index (χ1v) is 6.27.